The van der Waals surface area contributed by atoms with Crippen LogP contribution in [0, 0.1) is 0 Å². The van der Waals surface area contributed by atoms with Gasteiger partial charge >= 0.3 is 0 Å². The zero-order valence-electron chi connectivity index (χ0n) is 17.0. The van der Waals surface area contributed by atoms with E-state index in [0.29, 0.717) is 5.75 Å². The largest absolute Gasteiger partial charge is 0.507 e. The molecule has 0 bridgehead atoms. The summed E-state index contributed by atoms with van der Waals surface area (Å²) in [5.41, 5.74) is 5.71. The fourth-order valence-electron chi connectivity index (χ4n) is 3.95. The second-order valence-corrected chi connectivity index (χ2v) is 7.59. The van der Waals surface area contributed by atoms with Crippen LogP contribution in [-0.4, -0.2) is 5.11 Å². The highest BCUT2D eigenvalue weighted by Gasteiger charge is 2.14. The van der Waals surface area contributed by atoms with Crippen LogP contribution in [0.3, 0.4) is 0 Å². The topological polar surface area (TPSA) is 20.2 Å². The molecule has 0 radical (unpaired) electrons. The fourth-order valence-corrected chi connectivity index (χ4v) is 3.95. The summed E-state index contributed by atoms with van der Waals surface area (Å²) in [4.78, 5) is 0. The minimum atomic E-state index is 0.379. The summed E-state index contributed by atoms with van der Waals surface area (Å²) in [5.74, 6) is 0.379. The number of aryl methyl sites for hydroxylation is 1. The molecule has 3 aromatic carbocycles. The van der Waals surface area contributed by atoms with Gasteiger partial charge in [-0.2, -0.15) is 0 Å². The van der Waals surface area contributed by atoms with E-state index >= 15 is 0 Å². The summed E-state index contributed by atoms with van der Waals surface area (Å²) in [6, 6.07) is 24.8. The maximum absolute atomic E-state index is 10.7. The lowest BCUT2D eigenvalue weighted by Gasteiger charge is -2.16. The first-order valence-electron chi connectivity index (χ1n) is 10.8. The Kier molecular flexibility index (Phi) is 7.72. The van der Waals surface area contributed by atoms with Crippen LogP contribution in [0.5, 0.6) is 5.75 Å². The van der Waals surface area contributed by atoms with Gasteiger partial charge < -0.3 is 5.11 Å². The molecule has 0 saturated carbocycles. The predicted octanol–water partition coefficient (Wildman–Crippen LogP) is 8.02. The summed E-state index contributed by atoms with van der Waals surface area (Å²) in [5, 5.41) is 10.7. The average molecular weight is 373 g/mol. The Bertz CT molecular complexity index is 851. The van der Waals surface area contributed by atoms with Crippen LogP contribution in [0.4, 0.5) is 0 Å². The van der Waals surface area contributed by atoms with E-state index in [4.69, 9.17) is 0 Å². The summed E-state index contributed by atoms with van der Waals surface area (Å²) in [7, 11) is 0. The lowest BCUT2D eigenvalue weighted by atomic mass is 9.89. The van der Waals surface area contributed by atoms with Gasteiger partial charge in [-0.05, 0) is 41.2 Å². The second kappa shape index (κ2) is 10.7. The maximum atomic E-state index is 10.7. The summed E-state index contributed by atoms with van der Waals surface area (Å²) in [6.45, 7) is 2.26. The molecule has 0 fully saturated rings. The third-order valence-corrected chi connectivity index (χ3v) is 5.46. The van der Waals surface area contributed by atoms with E-state index in [9.17, 15) is 5.11 Å². The standard InChI is InChI=1S/C27H32O/c1-2-3-4-5-6-7-9-17-23-18-14-21-26(28)27(23)25-20-13-12-19-24(25)22-15-10-8-11-16-22/h8,10-16,18-21,28H,2-7,9,17H2,1H3. The first-order chi connectivity index (χ1) is 13.8. The molecular weight excluding hydrogens is 340 g/mol. The smallest absolute Gasteiger partial charge is 0.123 e. The average Bonchev–Trinajstić information content (AvgIpc) is 2.74. The van der Waals surface area contributed by atoms with Gasteiger partial charge in [0.05, 0.1) is 0 Å². The molecule has 1 N–H and O–H groups in total. The van der Waals surface area contributed by atoms with E-state index in [1.54, 1.807) is 0 Å². The molecule has 0 unspecified atom stereocenters. The molecule has 28 heavy (non-hydrogen) atoms. The van der Waals surface area contributed by atoms with Gasteiger partial charge in [0, 0.05) is 5.56 Å². The van der Waals surface area contributed by atoms with Crippen molar-refractivity contribution in [3.63, 3.8) is 0 Å². The van der Waals surface area contributed by atoms with Gasteiger partial charge in [0.25, 0.3) is 0 Å². The van der Waals surface area contributed by atoms with Crippen molar-refractivity contribution in [1.82, 2.24) is 0 Å². The normalized spacial score (nSPS) is 10.9. The van der Waals surface area contributed by atoms with Gasteiger partial charge in [0.2, 0.25) is 0 Å². The zero-order chi connectivity index (χ0) is 19.6. The van der Waals surface area contributed by atoms with Crippen molar-refractivity contribution in [2.24, 2.45) is 0 Å². The van der Waals surface area contributed by atoms with Crippen LogP contribution < -0.4 is 0 Å². The zero-order valence-corrected chi connectivity index (χ0v) is 17.0. The van der Waals surface area contributed by atoms with E-state index in [1.807, 2.05) is 18.2 Å². The molecule has 0 aliphatic rings. The first-order valence-corrected chi connectivity index (χ1v) is 10.8. The van der Waals surface area contributed by atoms with E-state index in [1.165, 1.54) is 61.6 Å². The Balaban J connectivity index is 1.80. The minimum Gasteiger partial charge on any atom is -0.507 e. The Morgan fingerprint density at radius 1 is 0.607 bits per heavy atom. The third-order valence-electron chi connectivity index (χ3n) is 5.46. The van der Waals surface area contributed by atoms with Crippen LogP contribution in [0.15, 0.2) is 72.8 Å². The molecule has 0 aliphatic carbocycles. The molecule has 0 amide bonds. The van der Waals surface area contributed by atoms with Gasteiger partial charge in [-0.25, -0.2) is 0 Å². The number of benzene rings is 3. The number of hydrogen-bond acceptors (Lipinski definition) is 1. The number of aromatic hydroxyl groups is 1. The Morgan fingerprint density at radius 2 is 1.25 bits per heavy atom. The lowest BCUT2D eigenvalue weighted by molar-refractivity contribution is 0.476. The van der Waals surface area contributed by atoms with Gasteiger partial charge in [-0.1, -0.05) is 112 Å². The van der Waals surface area contributed by atoms with Crippen molar-refractivity contribution >= 4 is 0 Å². The van der Waals surface area contributed by atoms with Crippen molar-refractivity contribution < 1.29 is 5.11 Å². The van der Waals surface area contributed by atoms with E-state index in [-0.39, 0.29) is 0 Å². The number of rotatable bonds is 10. The van der Waals surface area contributed by atoms with E-state index in [2.05, 4.69) is 61.5 Å². The molecule has 3 aromatic rings. The molecular formula is C27H32O. The number of unbranched alkanes of at least 4 members (excludes halogenated alkanes) is 6. The van der Waals surface area contributed by atoms with E-state index < -0.39 is 0 Å². The molecule has 3 rings (SSSR count). The fraction of sp³-hybridized carbons (Fsp3) is 0.333. The molecule has 0 aromatic heterocycles. The summed E-state index contributed by atoms with van der Waals surface area (Å²) >= 11 is 0. The van der Waals surface area contributed by atoms with Crippen LogP contribution in [-0.2, 0) is 6.42 Å². The molecule has 0 saturated heterocycles. The van der Waals surface area contributed by atoms with Gasteiger partial charge in [0.15, 0.2) is 0 Å². The Morgan fingerprint density at radius 3 is 2.00 bits per heavy atom. The predicted molar refractivity (Wildman–Crippen MR) is 121 cm³/mol. The summed E-state index contributed by atoms with van der Waals surface area (Å²) < 4.78 is 0. The Hall–Kier alpha value is -2.54. The third kappa shape index (κ3) is 5.25. The van der Waals surface area contributed by atoms with Crippen molar-refractivity contribution in [3.05, 3.63) is 78.4 Å². The van der Waals surface area contributed by atoms with Crippen LogP contribution in [0.2, 0.25) is 0 Å². The molecule has 1 nitrogen and oxygen atoms in total. The van der Waals surface area contributed by atoms with Gasteiger partial charge in [0.1, 0.15) is 5.75 Å². The minimum absolute atomic E-state index is 0.379. The Labute approximate surface area is 170 Å². The highest BCUT2D eigenvalue weighted by molar-refractivity contribution is 5.87. The van der Waals surface area contributed by atoms with Crippen molar-refractivity contribution in [3.8, 4) is 28.0 Å². The van der Waals surface area contributed by atoms with Crippen LogP contribution in [0.25, 0.3) is 22.3 Å². The highest BCUT2D eigenvalue weighted by atomic mass is 16.3. The first kappa shape index (κ1) is 20.2. The van der Waals surface area contributed by atoms with Gasteiger partial charge in [-0.15, -0.1) is 0 Å². The van der Waals surface area contributed by atoms with Gasteiger partial charge in [-0.3, -0.25) is 0 Å². The number of phenols is 1. The molecule has 1 heteroatoms. The van der Waals surface area contributed by atoms with Crippen molar-refractivity contribution in [2.75, 3.05) is 0 Å². The molecule has 0 atom stereocenters. The van der Waals surface area contributed by atoms with Crippen LogP contribution in [0.1, 0.15) is 57.4 Å². The molecule has 0 heterocycles. The monoisotopic (exact) mass is 372 g/mol. The highest BCUT2D eigenvalue weighted by Crippen LogP contribution is 2.39. The molecule has 0 spiro atoms. The lowest BCUT2D eigenvalue weighted by Crippen LogP contribution is -1.94. The van der Waals surface area contributed by atoms with Crippen molar-refractivity contribution in [1.29, 1.82) is 0 Å². The van der Waals surface area contributed by atoms with E-state index in [0.717, 1.165) is 17.5 Å². The summed E-state index contributed by atoms with van der Waals surface area (Å²) in [6.07, 6.45) is 10.1. The molecule has 146 valence electrons. The molecule has 0 aliphatic heterocycles. The second-order valence-electron chi connectivity index (χ2n) is 7.59. The maximum Gasteiger partial charge on any atom is 0.123 e. The number of phenolic OH excluding ortho intramolecular Hbond substituents is 1. The SMILES string of the molecule is CCCCCCCCCc1cccc(O)c1-c1ccccc1-c1ccccc1. The van der Waals surface area contributed by atoms with Crippen LogP contribution >= 0.6 is 0 Å². The van der Waals surface area contributed by atoms with Crippen molar-refractivity contribution in [2.45, 2.75) is 58.3 Å². The quantitative estimate of drug-likeness (QED) is 0.357. The number of hydrogen-bond donors (Lipinski definition) is 1.